The Morgan fingerprint density at radius 2 is 2.43 bits per heavy atom. The van der Waals surface area contributed by atoms with E-state index >= 15 is 0 Å². The van der Waals surface area contributed by atoms with Crippen LogP contribution in [0.15, 0.2) is 12.4 Å². The van der Waals surface area contributed by atoms with E-state index in [1.807, 2.05) is 6.92 Å². The molecule has 0 spiro atoms. The van der Waals surface area contributed by atoms with Gasteiger partial charge in [-0.1, -0.05) is 11.6 Å². The summed E-state index contributed by atoms with van der Waals surface area (Å²) >= 11 is 5.60. The van der Waals surface area contributed by atoms with E-state index in [1.54, 1.807) is 0 Å². The molecule has 1 amide bonds. The van der Waals surface area contributed by atoms with Crippen LogP contribution in [0.1, 0.15) is 6.92 Å². The summed E-state index contributed by atoms with van der Waals surface area (Å²) in [6, 6.07) is 1.46. The fourth-order valence-electron chi connectivity index (χ4n) is 0.776. The van der Waals surface area contributed by atoms with Gasteiger partial charge in [-0.25, -0.2) is 9.97 Å². The summed E-state index contributed by atoms with van der Waals surface area (Å²) in [6.07, 6.45) is 1.28. The first-order valence-electron chi connectivity index (χ1n) is 4.07. The first-order valence-corrected chi connectivity index (χ1v) is 4.45. The normalized spacial score (nSPS) is 9.86. The topological polar surface area (TPSA) is 64.1 Å². The van der Waals surface area contributed by atoms with Crippen molar-refractivity contribution >= 4 is 23.3 Å². The van der Waals surface area contributed by atoms with Crippen molar-refractivity contribution in [3.8, 4) is 0 Å². The molecule has 0 saturated carbocycles. The highest BCUT2D eigenvalue weighted by Gasteiger charge is 2.03. The maximum Gasteiger partial charge on any atom is 0.251 e. The van der Waals surface area contributed by atoms with Crippen LogP contribution in [0.5, 0.6) is 0 Å². The molecule has 0 aliphatic rings. The van der Waals surface area contributed by atoms with Crippen LogP contribution in [0.4, 0.5) is 5.82 Å². The number of hydrogen-bond donors (Lipinski definition) is 1. The molecule has 1 N–H and O–H groups in total. The number of carbonyl (C=O) groups excluding carboxylic acids is 1. The fourth-order valence-corrected chi connectivity index (χ4v) is 0.923. The molecule has 0 unspecified atom stereocenters. The van der Waals surface area contributed by atoms with Gasteiger partial charge in [-0.15, -0.1) is 0 Å². The Balaban J connectivity index is 2.47. The number of nitrogens with one attached hydrogen (secondary N) is 1. The van der Waals surface area contributed by atoms with Crippen molar-refractivity contribution in [2.24, 2.45) is 0 Å². The lowest BCUT2D eigenvalue weighted by atomic mass is 10.5. The summed E-state index contributed by atoms with van der Waals surface area (Å²) < 4.78 is 4.91. The number of halogens is 1. The Kier molecular flexibility index (Phi) is 4.28. The number of nitrogens with zero attached hydrogens (tertiary/aromatic N) is 2. The quantitative estimate of drug-likeness (QED) is 0.765. The Bertz CT molecular complexity index is 319. The minimum atomic E-state index is -0.262. The molecule has 0 saturated heterocycles. The van der Waals surface area contributed by atoms with Crippen LogP contribution in [0.3, 0.4) is 0 Å². The largest absolute Gasteiger partial charge is 0.372 e. The summed E-state index contributed by atoms with van der Waals surface area (Å²) in [5, 5.41) is 2.80. The maximum atomic E-state index is 11.1. The van der Waals surface area contributed by atoms with Crippen molar-refractivity contribution in [2.45, 2.75) is 6.92 Å². The Hall–Kier alpha value is -1.20. The van der Waals surface area contributed by atoms with E-state index in [-0.39, 0.29) is 17.7 Å². The monoisotopic (exact) mass is 215 g/mol. The predicted molar refractivity (Wildman–Crippen MR) is 52.2 cm³/mol. The Labute approximate surface area is 86.5 Å². The van der Waals surface area contributed by atoms with E-state index in [1.165, 1.54) is 12.4 Å². The summed E-state index contributed by atoms with van der Waals surface area (Å²) in [6.45, 7) is 2.32. The van der Waals surface area contributed by atoms with Crippen LogP contribution in [-0.2, 0) is 9.53 Å². The third kappa shape index (κ3) is 3.68. The number of carbonyl (C=O) groups is 1. The summed E-state index contributed by atoms with van der Waals surface area (Å²) in [5.41, 5.74) is 0. The van der Waals surface area contributed by atoms with Crippen molar-refractivity contribution in [2.75, 3.05) is 18.5 Å². The molecule has 0 radical (unpaired) electrons. The van der Waals surface area contributed by atoms with Crippen molar-refractivity contribution in [3.63, 3.8) is 0 Å². The highest BCUT2D eigenvalue weighted by molar-refractivity contribution is 6.29. The minimum absolute atomic E-state index is 0.0120. The average molecular weight is 216 g/mol. The summed E-state index contributed by atoms with van der Waals surface area (Å²) in [7, 11) is 0. The van der Waals surface area contributed by atoms with Crippen molar-refractivity contribution in [1.82, 2.24) is 9.97 Å². The zero-order valence-corrected chi connectivity index (χ0v) is 8.41. The fraction of sp³-hybridized carbons (Fsp3) is 0.375. The molecule has 0 aliphatic carbocycles. The van der Waals surface area contributed by atoms with E-state index in [4.69, 9.17) is 16.3 Å². The van der Waals surface area contributed by atoms with Gasteiger partial charge in [-0.2, -0.15) is 0 Å². The number of amides is 1. The highest BCUT2D eigenvalue weighted by Crippen LogP contribution is 2.07. The second-order valence-corrected chi connectivity index (χ2v) is 2.80. The van der Waals surface area contributed by atoms with Gasteiger partial charge in [0.25, 0.3) is 5.91 Å². The number of rotatable bonds is 4. The molecule has 0 aromatic carbocycles. The molecule has 0 bridgehead atoms. The lowest BCUT2D eigenvalue weighted by molar-refractivity contribution is -0.120. The van der Waals surface area contributed by atoms with Crippen LogP contribution >= 0.6 is 11.6 Å². The Morgan fingerprint density at radius 1 is 1.64 bits per heavy atom. The third-order valence-corrected chi connectivity index (χ3v) is 1.55. The molecular weight excluding hydrogens is 206 g/mol. The van der Waals surface area contributed by atoms with E-state index in [0.29, 0.717) is 12.4 Å². The van der Waals surface area contributed by atoms with Crippen LogP contribution < -0.4 is 5.32 Å². The van der Waals surface area contributed by atoms with Crippen molar-refractivity contribution in [3.05, 3.63) is 17.5 Å². The number of aromatic nitrogens is 2. The second-order valence-electron chi connectivity index (χ2n) is 2.41. The van der Waals surface area contributed by atoms with Gasteiger partial charge in [-0.05, 0) is 6.92 Å². The van der Waals surface area contributed by atoms with Crippen LogP contribution in [-0.4, -0.2) is 29.1 Å². The number of hydrogen-bond acceptors (Lipinski definition) is 4. The van der Waals surface area contributed by atoms with Gasteiger partial charge in [0.1, 0.15) is 23.9 Å². The van der Waals surface area contributed by atoms with Gasteiger partial charge in [0.15, 0.2) is 0 Å². The maximum absolute atomic E-state index is 11.1. The van der Waals surface area contributed by atoms with E-state index in [9.17, 15) is 4.79 Å². The lowest BCUT2D eigenvalue weighted by Gasteiger charge is -2.03. The van der Waals surface area contributed by atoms with E-state index in [2.05, 4.69) is 15.3 Å². The zero-order valence-electron chi connectivity index (χ0n) is 7.66. The smallest absolute Gasteiger partial charge is 0.251 e. The molecule has 1 heterocycles. The van der Waals surface area contributed by atoms with Crippen molar-refractivity contribution in [1.29, 1.82) is 0 Å². The number of ether oxygens (including phenoxy) is 1. The summed E-state index contributed by atoms with van der Waals surface area (Å²) in [5.74, 6) is 0.108. The van der Waals surface area contributed by atoms with E-state index < -0.39 is 0 Å². The Morgan fingerprint density at radius 3 is 3.07 bits per heavy atom. The van der Waals surface area contributed by atoms with Crippen LogP contribution in [0, 0.1) is 0 Å². The average Bonchev–Trinajstić information content (AvgIpc) is 2.15. The number of anilines is 1. The van der Waals surface area contributed by atoms with Crippen molar-refractivity contribution < 1.29 is 9.53 Å². The molecule has 76 valence electrons. The van der Waals surface area contributed by atoms with Gasteiger partial charge < -0.3 is 10.1 Å². The lowest BCUT2D eigenvalue weighted by Crippen LogP contribution is -2.18. The molecule has 0 aliphatic heterocycles. The molecule has 5 nitrogen and oxygen atoms in total. The highest BCUT2D eigenvalue weighted by atomic mass is 35.5. The molecule has 1 rings (SSSR count). The summed E-state index contributed by atoms with van der Waals surface area (Å²) in [4.78, 5) is 18.6. The molecule has 0 fully saturated rings. The SMILES string of the molecule is CCOCC(=O)Nc1cc(Cl)ncn1. The van der Waals surface area contributed by atoms with Crippen LogP contribution in [0.2, 0.25) is 5.15 Å². The molecule has 14 heavy (non-hydrogen) atoms. The van der Waals surface area contributed by atoms with Gasteiger partial charge in [0.2, 0.25) is 0 Å². The first kappa shape index (κ1) is 10.9. The van der Waals surface area contributed by atoms with Gasteiger partial charge >= 0.3 is 0 Å². The van der Waals surface area contributed by atoms with E-state index in [0.717, 1.165) is 0 Å². The van der Waals surface area contributed by atoms with Gasteiger partial charge in [0.05, 0.1) is 0 Å². The molecule has 1 aromatic heterocycles. The molecular formula is C8H10ClN3O2. The van der Waals surface area contributed by atoms with Gasteiger partial charge in [0, 0.05) is 12.7 Å². The second kappa shape index (κ2) is 5.51. The van der Waals surface area contributed by atoms with Crippen LogP contribution in [0.25, 0.3) is 0 Å². The first-order chi connectivity index (χ1) is 6.72. The standard InChI is InChI=1S/C8H10ClN3O2/c1-2-14-4-8(13)12-7-3-6(9)10-5-11-7/h3,5H,2,4H2,1H3,(H,10,11,12,13). The molecule has 0 atom stereocenters. The minimum Gasteiger partial charge on any atom is -0.372 e. The third-order valence-electron chi connectivity index (χ3n) is 1.34. The predicted octanol–water partition coefficient (Wildman–Crippen LogP) is 1.10. The molecule has 6 heteroatoms. The zero-order chi connectivity index (χ0) is 10.4. The van der Waals surface area contributed by atoms with Gasteiger partial charge in [-0.3, -0.25) is 4.79 Å². The molecule has 1 aromatic rings.